The highest BCUT2D eigenvalue weighted by Gasteiger charge is 2.16. The van der Waals surface area contributed by atoms with E-state index in [2.05, 4.69) is 5.10 Å². The van der Waals surface area contributed by atoms with E-state index in [1.54, 1.807) is 27.0 Å². The van der Waals surface area contributed by atoms with Gasteiger partial charge in [-0.3, -0.25) is 9.59 Å². The number of nitrogens with zero attached hydrogens (tertiary/aromatic N) is 4. The maximum atomic E-state index is 12.3. The lowest BCUT2D eigenvalue weighted by Crippen LogP contribution is -2.36. The summed E-state index contributed by atoms with van der Waals surface area (Å²) in [5, 5.41) is 13.2. The quantitative estimate of drug-likeness (QED) is 0.845. The number of carbonyl (C=O) groups excluding carboxylic acids is 1. The van der Waals surface area contributed by atoms with E-state index in [0.29, 0.717) is 22.1 Å². The average molecular weight is 351 g/mol. The molecular weight excluding hydrogens is 336 g/mol. The zero-order valence-electron chi connectivity index (χ0n) is 13.0. The summed E-state index contributed by atoms with van der Waals surface area (Å²) >= 11 is 7.27. The maximum Gasteiger partial charge on any atom is 0.285 e. The summed E-state index contributed by atoms with van der Waals surface area (Å²) in [6, 6.07) is 5.50. The molecule has 2 aromatic heterocycles. The van der Waals surface area contributed by atoms with Gasteiger partial charge < -0.3 is 4.90 Å². The minimum absolute atomic E-state index is 0.0259. The third-order valence-corrected chi connectivity index (χ3v) is 4.70. The first kappa shape index (κ1) is 17.2. The Hall–Kier alpha value is -2.17. The Bertz CT molecular complexity index is 850. The molecule has 8 heteroatoms. The van der Waals surface area contributed by atoms with Crippen molar-refractivity contribution in [2.75, 3.05) is 7.05 Å². The number of aryl methyl sites for hydroxylation is 1. The van der Waals surface area contributed by atoms with Crippen LogP contribution in [0.4, 0.5) is 0 Å². The van der Waals surface area contributed by atoms with Crippen molar-refractivity contribution in [3.05, 3.63) is 48.5 Å². The Morgan fingerprint density at radius 3 is 2.74 bits per heavy atom. The molecule has 23 heavy (non-hydrogen) atoms. The lowest BCUT2D eigenvalue weighted by Gasteiger charge is -2.17. The van der Waals surface area contributed by atoms with Crippen molar-refractivity contribution in [2.24, 2.45) is 0 Å². The summed E-state index contributed by atoms with van der Waals surface area (Å²) in [7, 11) is 1.65. The zero-order chi connectivity index (χ0) is 17.1. The van der Waals surface area contributed by atoms with E-state index in [-0.39, 0.29) is 18.0 Å². The molecule has 0 saturated carbocycles. The minimum Gasteiger partial charge on any atom is -0.339 e. The van der Waals surface area contributed by atoms with E-state index in [9.17, 15) is 9.59 Å². The molecule has 0 N–H and O–H groups in total. The number of hydrogen-bond donors (Lipinski definition) is 0. The van der Waals surface area contributed by atoms with Crippen molar-refractivity contribution in [3.63, 3.8) is 0 Å². The number of likely N-dealkylation sites (N-methyl/N-ethyl adjacent to an activating group) is 1. The molecule has 0 aromatic carbocycles. The fourth-order valence-corrected chi connectivity index (χ4v) is 3.16. The van der Waals surface area contributed by atoms with Crippen LogP contribution in [0.3, 0.4) is 0 Å². The highest BCUT2D eigenvalue weighted by atomic mass is 35.5. The number of thiophene rings is 1. The van der Waals surface area contributed by atoms with Crippen LogP contribution >= 0.6 is 22.9 Å². The largest absolute Gasteiger partial charge is 0.339 e. The van der Waals surface area contributed by atoms with Gasteiger partial charge in [-0.25, -0.2) is 4.68 Å². The van der Waals surface area contributed by atoms with Gasteiger partial charge in [-0.15, -0.1) is 11.3 Å². The summed E-state index contributed by atoms with van der Waals surface area (Å²) in [5.41, 5.74) is 0.582. The molecule has 1 amide bonds. The molecule has 0 aliphatic carbocycles. The van der Waals surface area contributed by atoms with E-state index < -0.39 is 5.56 Å². The van der Waals surface area contributed by atoms with Crippen molar-refractivity contribution in [2.45, 2.75) is 26.9 Å². The number of amides is 1. The van der Waals surface area contributed by atoms with E-state index in [1.807, 2.05) is 12.1 Å². The van der Waals surface area contributed by atoms with Gasteiger partial charge >= 0.3 is 0 Å². The van der Waals surface area contributed by atoms with Crippen LogP contribution in [0.1, 0.15) is 21.7 Å². The zero-order valence-corrected chi connectivity index (χ0v) is 14.5. The Balaban J connectivity index is 2.19. The maximum absolute atomic E-state index is 12.3. The molecule has 120 valence electrons. The van der Waals surface area contributed by atoms with Gasteiger partial charge in [0, 0.05) is 11.9 Å². The molecule has 2 heterocycles. The topological polar surface area (TPSA) is 79.0 Å². The first-order valence-corrected chi connectivity index (χ1v) is 7.99. The second-order valence-corrected chi connectivity index (χ2v) is 6.92. The predicted octanol–water partition coefficient (Wildman–Crippen LogP) is 2.11. The monoisotopic (exact) mass is 350 g/mol. The lowest BCUT2D eigenvalue weighted by molar-refractivity contribution is -0.131. The number of nitriles is 1. The van der Waals surface area contributed by atoms with E-state index >= 15 is 0 Å². The molecule has 0 aliphatic heterocycles. The molecule has 0 bridgehead atoms. The second kappa shape index (κ2) is 6.94. The SMILES string of the molecule is Cc1nn(CC(=O)N(C)Cc2ccc(Cl)s2)c(=O)c(C#N)c1C. The van der Waals surface area contributed by atoms with Crippen LogP contribution in [0.2, 0.25) is 4.34 Å². The molecule has 6 nitrogen and oxygen atoms in total. The van der Waals surface area contributed by atoms with Gasteiger partial charge in [-0.2, -0.15) is 10.4 Å². The van der Waals surface area contributed by atoms with Crippen LogP contribution in [0.25, 0.3) is 0 Å². The van der Waals surface area contributed by atoms with Gasteiger partial charge in [0.05, 0.1) is 16.6 Å². The second-order valence-electron chi connectivity index (χ2n) is 5.12. The molecule has 0 atom stereocenters. The fraction of sp³-hybridized carbons (Fsp3) is 0.333. The minimum atomic E-state index is -0.545. The fourth-order valence-electron chi connectivity index (χ4n) is 2.02. The molecule has 0 saturated heterocycles. The molecular formula is C15H15ClN4O2S. The number of halogens is 1. The van der Waals surface area contributed by atoms with Gasteiger partial charge in [0.25, 0.3) is 5.56 Å². The van der Waals surface area contributed by atoms with Crippen molar-refractivity contribution < 1.29 is 4.79 Å². The molecule has 0 spiro atoms. The number of carbonyl (C=O) groups is 1. The van der Waals surface area contributed by atoms with Gasteiger partial charge in [0.15, 0.2) is 0 Å². The van der Waals surface area contributed by atoms with Crippen LogP contribution in [-0.4, -0.2) is 27.6 Å². The van der Waals surface area contributed by atoms with Crippen LogP contribution in [0, 0.1) is 25.2 Å². The number of aromatic nitrogens is 2. The standard InChI is InChI=1S/C15H15ClN4O2S/c1-9-10(2)18-20(15(22)12(9)6-17)8-14(21)19(3)7-11-4-5-13(16)23-11/h4-5H,7-8H2,1-3H3. The van der Waals surface area contributed by atoms with Crippen molar-refractivity contribution in [3.8, 4) is 6.07 Å². The molecule has 0 aliphatic rings. The first-order chi connectivity index (χ1) is 10.8. The van der Waals surface area contributed by atoms with Crippen molar-refractivity contribution in [1.29, 1.82) is 5.26 Å². The normalized spacial score (nSPS) is 10.4. The summed E-state index contributed by atoms with van der Waals surface area (Å²) < 4.78 is 1.70. The summed E-state index contributed by atoms with van der Waals surface area (Å²) in [6.45, 7) is 3.57. The van der Waals surface area contributed by atoms with Crippen LogP contribution in [-0.2, 0) is 17.9 Å². The molecule has 2 rings (SSSR count). The van der Waals surface area contributed by atoms with E-state index in [1.165, 1.54) is 16.2 Å². The molecule has 0 unspecified atom stereocenters. The van der Waals surface area contributed by atoms with Crippen molar-refractivity contribution >= 4 is 28.8 Å². The van der Waals surface area contributed by atoms with Crippen LogP contribution < -0.4 is 5.56 Å². The van der Waals surface area contributed by atoms with Crippen LogP contribution in [0.5, 0.6) is 0 Å². The Labute approximate surface area is 142 Å². The Morgan fingerprint density at radius 2 is 2.17 bits per heavy atom. The van der Waals surface area contributed by atoms with Crippen LogP contribution in [0.15, 0.2) is 16.9 Å². The highest BCUT2D eigenvalue weighted by Crippen LogP contribution is 2.22. The summed E-state index contributed by atoms with van der Waals surface area (Å²) in [5.74, 6) is -0.267. The van der Waals surface area contributed by atoms with Gasteiger partial charge in [-0.05, 0) is 31.5 Å². The molecule has 0 radical (unpaired) electrons. The van der Waals surface area contributed by atoms with E-state index in [0.717, 1.165) is 9.56 Å². The molecule has 2 aromatic rings. The third-order valence-electron chi connectivity index (χ3n) is 3.48. The summed E-state index contributed by atoms with van der Waals surface area (Å²) in [6.07, 6.45) is 0. The average Bonchev–Trinajstić information content (AvgIpc) is 2.90. The van der Waals surface area contributed by atoms with Gasteiger partial charge in [0.2, 0.25) is 5.91 Å². The number of rotatable bonds is 4. The Kier molecular flexibility index (Phi) is 5.19. The predicted molar refractivity (Wildman–Crippen MR) is 88.5 cm³/mol. The number of hydrogen-bond acceptors (Lipinski definition) is 5. The Morgan fingerprint density at radius 1 is 1.48 bits per heavy atom. The van der Waals surface area contributed by atoms with Gasteiger partial charge in [0.1, 0.15) is 18.2 Å². The highest BCUT2D eigenvalue weighted by molar-refractivity contribution is 7.16. The van der Waals surface area contributed by atoms with Crippen molar-refractivity contribution in [1.82, 2.24) is 14.7 Å². The first-order valence-electron chi connectivity index (χ1n) is 6.80. The lowest BCUT2D eigenvalue weighted by atomic mass is 10.1. The summed E-state index contributed by atoms with van der Waals surface area (Å²) in [4.78, 5) is 26.9. The third kappa shape index (κ3) is 3.78. The van der Waals surface area contributed by atoms with Gasteiger partial charge in [-0.1, -0.05) is 11.6 Å². The van der Waals surface area contributed by atoms with E-state index in [4.69, 9.17) is 16.9 Å². The smallest absolute Gasteiger partial charge is 0.285 e. The molecule has 0 fully saturated rings.